The molecule has 1 aromatic carbocycles. The van der Waals surface area contributed by atoms with Crippen LogP contribution >= 0.6 is 0 Å². The van der Waals surface area contributed by atoms with E-state index in [2.05, 4.69) is 9.97 Å². The molecule has 1 aliphatic heterocycles. The zero-order valence-electron chi connectivity index (χ0n) is 15.7. The Bertz CT molecular complexity index is 955. The first-order valence-electron chi connectivity index (χ1n) is 8.54. The second-order valence-electron chi connectivity index (χ2n) is 6.17. The Hall–Kier alpha value is -2.60. The summed E-state index contributed by atoms with van der Waals surface area (Å²) in [6.07, 6.45) is -4.62. The van der Waals surface area contributed by atoms with Crippen molar-refractivity contribution in [1.82, 2.24) is 14.3 Å². The lowest BCUT2D eigenvalue weighted by atomic mass is 10.2. The summed E-state index contributed by atoms with van der Waals surface area (Å²) >= 11 is 0. The van der Waals surface area contributed by atoms with Gasteiger partial charge in [0.2, 0.25) is 15.9 Å². The Morgan fingerprint density at radius 3 is 2.28 bits per heavy atom. The lowest BCUT2D eigenvalue weighted by Crippen LogP contribution is -2.49. The maximum absolute atomic E-state index is 12.9. The fourth-order valence-electron chi connectivity index (χ4n) is 2.89. The first-order valence-corrected chi connectivity index (χ1v) is 9.98. The Morgan fingerprint density at radius 1 is 1.00 bits per heavy atom. The molecule has 2 heterocycles. The van der Waals surface area contributed by atoms with Crippen LogP contribution in [0.3, 0.4) is 0 Å². The van der Waals surface area contributed by atoms with Crippen LogP contribution in [0.15, 0.2) is 35.2 Å². The number of methoxy groups -OCH3 is 2. The summed E-state index contributed by atoms with van der Waals surface area (Å²) in [4.78, 5) is 9.67. The van der Waals surface area contributed by atoms with Crippen molar-refractivity contribution in [2.75, 3.05) is 45.3 Å². The molecule has 0 unspecified atom stereocenters. The maximum Gasteiger partial charge on any atom is 0.416 e. The highest BCUT2D eigenvalue weighted by Crippen LogP contribution is 2.31. The highest BCUT2D eigenvalue weighted by atomic mass is 32.2. The average molecular weight is 432 g/mol. The van der Waals surface area contributed by atoms with E-state index in [1.54, 1.807) is 6.07 Å². The largest absolute Gasteiger partial charge is 0.481 e. The molecule has 2 aromatic rings. The molecule has 0 aliphatic carbocycles. The molecule has 0 N–H and O–H groups in total. The van der Waals surface area contributed by atoms with Gasteiger partial charge in [0.1, 0.15) is 5.82 Å². The van der Waals surface area contributed by atoms with Crippen molar-refractivity contribution < 1.29 is 31.1 Å². The van der Waals surface area contributed by atoms with Crippen molar-refractivity contribution in [2.45, 2.75) is 11.1 Å². The van der Waals surface area contributed by atoms with Crippen LogP contribution in [0.4, 0.5) is 19.0 Å². The number of rotatable bonds is 5. The van der Waals surface area contributed by atoms with Crippen molar-refractivity contribution in [3.05, 3.63) is 35.9 Å². The van der Waals surface area contributed by atoms with E-state index in [-0.39, 0.29) is 24.0 Å². The molecule has 158 valence electrons. The monoisotopic (exact) mass is 432 g/mol. The molecule has 0 spiro atoms. The van der Waals surface area contributed by atoms with Gasteiger partial charge < -0.3 is 14.4 Å². The molecule has 0 saturated carbocycles. The third-order valence-electron chi connectivity index (χ3n) is 4.42. The number of nitrogens with zero attached hydrogens (tertiary/aromatic N) is 4. The standard InChI is InChI=1S/C17H19F3N4O4S/c1-27-15-11-14(21-16(22-15)28-2)23-6-8-24(9-7-23)29(25,26)13-5-3-4-12(10-13)17(18,19)20/h3-5,10-11H,6-9H2,1-2H3. The molecule has 29 heavy (non-hydrogen) atoms. The van der Waals surface area contributed by atoms with E-state index in [0.29, 0.717) is 30.9 Å². The number of aromatic nitrogens is 2. The number of hydrogen-bond acceptors (Lipinski definition) is 7. The molecule has 0 bridgehead atoms. The van der Waals surface area contributed by atoms with Crippen molar-refractivity contribution >= 4 is 15.8 Å². The summed E-state index contributed by atoms with van der Waals surface area (Å²) in [6, 6.07) is 5.45. The quantitative estimate of drug-likeness (QED) is 0.715. The number of alkyl halides is 3. The second-order valence-corrected chi connectivity index (χ2v) is 8.11. The first kappa shape index (κ1) is 21.1. The third-order valence-corrected chi connectivity index (χ3v) is 6.32. The van der Waals surface area contributed by atoms with E-state index in [0.717, 1.165) is 22.5 Å². The Morgan fingerprint density at radius 2 is 1.69 bits per heavy atom. The van der Waals surface area contributed by atoms with Gasteiger partial charge in [-0.25, -0.2) is 8.42 Å². The topological polar surface area (TPSA) is 84.9 Å². The van der Waals surface area contributed by atoms with Crippen LogP contribution in [0, 0.1) is 0 Å². The fraction of sp³-hybridized carbons (Fsp3) is 0.412. The lowest BCUT2D eigenvalue weighted by Gasteiger charge is -2.34. The molecule has 0 radical (unpaired) electrons. The predicted octanol–water partition coefficient (Wildman–Crippen LogP) is 2.02. The Labute approximate surface area is 165 Å². The number of halogens is 3. The van der Waals surface area contributed by atoms with Crippen molar-refractivity contribution in [3.8, 4) is 11.9 Å². The number of benzene rings is 1. The fourth-order valence-corrected chi connectivity index (χ4v) is 4.36. The summed E-state index contributed by atoms with van der Waals surface area (Å²) in [6.45, 7) is 0.767. The van der Waals surface area contributed by atoms with Gasteiger partial charge in [-0.3, -0.25) is 0 Å². The van der Waals surface area contributed by atoms with Crippen molar-refractivity contribution in [1.29, 1.82) is 0 Å². The molecule has 8 nitrogen and oxygen atoms in total. The summed E-state index contributed by atoms with van der Waals surface area (Å²) in [5.41, 5.74) is -1.00. The van der Waals surface area contributed by atoms with Gasteiger partial charge in [0.15, 0.2) is 0 Å². The van der Waals surface area contributed by atoms with E-state index in [1.165, 1.54) is 14.2 Å². The van der Waals surface area contributed by atoms with Crippen molar-refractivity contribution in [2.24, 2.45) is 0 Å². The maximum atomic E-state index is 12.9. The number of piperazine rings is 1. The van der Waals surface area contributed by atoms with Gasteiger partial charge in [-0.05, 0) is 18.2 Å². The summed E-state index contributed by atoms with van der Waals surface area (Å²) in [5, 5.41) is 0. The van der Waals surface area contributed by atoms with Crippen LogP contribution in [-0.2, 0) is 16.2 Å². The highest BCUT2D eigenvalue weighted by Gasteiger charge is 2.34. The molecule has 0 atom stereocenters. The summed E-state index contributed by atoms with van der Waals surface area (Å²) in [5.74, 6) is 0.802. The number of hydrogen-bond donors (Lipinski definition) is 0. The van der Waals surface area contributed by atoms with Crippen LogP contribution < -0.4 is 14.4 Å². The van der Waals surface area contributed by atoms with Gasteiger partial charge in [-0.1, -0.05) is 6.07 Å². The highest BCUT2D eigenvalue weighted by molar-refractivity contribution is 7.89. The smallest absolute Gasteiger partial charge is 0.416 e. The minimum Gasteiger partial charge on any atom is -0.481 e. The molecule has 1 saturated heterocycles. The van der Waals surface area contributed by atoms with E-state index >= 15 is 0 Å². The predicted molar refractivity (Wildman–Crippen MR) is 97.6 cm³/mol. The van der Waals surface area contributed by atoms with Crippen molar-refractivity contribution in [3.63, 3.8) is 0 Å². The zero-order chi connectivity index (χ0) is 21.2. The molecule has 3 rings (SSSR count). The van der Waals surface area contributed by atoms with E-state index in [4.69, 9.17) is 9.47 Å². The number of ether oxygens (including phenoxy) is 2. The van der Waals surface area contributed by atoms with Gasteiger partial charge in [-0.15, -0.1) is 0 Å². The summed E-state index contributed by atoms with van der Waals surface area (Å²) in [7, 11) is -1.19. The molecular formula is C17H19F3N4O4S. The minimum atomic E-state index is -4.62. The number of anilines is 1. The summed E-state index contributed by atoms with van der Waals surface area (Å²) < 4.78 is 75.6. The average Bonchev–Trinajstić information content (AvgIpc) is 2.73. The van der Waals surface area contributed by atoms with Crippen LogP contribution in [0.25, 0.3) is 0 Å². The third kappa shape index (κ3) is 4.53. The normalized spacial score (nSPS) is 16.0. The molecule has 1 aliphatic rings. The van der Waals surface area contributed by atoms with E-state index in [9.17, 15) is 21.6 Å². The van der Waals surface area contributed by atoms with Crippen LogP contribution in [-0.4, -0.2) is 63.1 Å². The zero-order valence-corrected chi connectivity index (χ0v) is 16.5. The van der Waals surface area contributed by atoms with Gasteiger partial charge in [0, 0.05) is 32.2 Å². The lowest BCUT2D eigenvalue weighted by molar-refractivity contribution is -0.137. The Balaban J connectivity index is 1.77. The number of sulfonamides is 1. The van der Waals surface area contributed by atoms with Gasteiger partial charge >= 0.3 is 12.2 Å². The first-order chi connectivity index (χ1) is 13.6. The van der Waals surface area contributed by atoms with Gasteiger partial charge in [0.25, 0.3) is 0 Å². The Kier molecular flexibility index (Phi) is 5.85. The minimum absolute atomic E-state index is 0.0905. The molecular weight excluding hydrogens is 413 g/mol. The van der Waals surface area contributed by atoms with Crippen LogP contribution in [0.2, 0.25) is 0 Å². The van der Waals surface area contributed by atoms with Gasteiger partial charge in [-0.2, -0.15) is 27.4 Å². The van der Waals surface area contributed by atoms with E-state index < -0.39 is 21.8 Å². The molecule has 0 amide bonds. The molecule has 1 aromatic heterocycles. The second kappa shape index (κ2) is 8.03. The molecule has 12 heteroatoms. The van der Waals surface area contributed by atoms with E-state index in [1.807, 2.05) is 4.90 Å². The van der Waals surface area contributed by atoms with Crippen LogP contribution in [0.1, 0.15) is 5.56 Å². The van der Waals surface area contributed by atoms with Gasteiger partial charge in [0.05, 0.1) is 24.7 Å². The van der Waals surface area contributed by atoms with Crippen LogP contribution in [0.5, 0.6) is 11.9 Å². The SMILES string of the molecule is COc1cc(N2CCN(S(=O)(=O)c3cccc(C(F)(F)F)c3)CC2)nc(OC)n1. The molecule has 1 fully saturated rings.